The number of hydrogen-bond acceptors (Lipinski definition) is 8. The summed E-state index contributed by atoms with van der Waals surface area (Å²) in [5.41, 5.74) is 4.38. The summed E-state index contributed by atoms with van der Waals surface area (Å²) < 4.78 is 10.9. The van der Waals surface area contributed by atoms with Crippen LogP contribution in [0.15, 0.2) is 65.7 Å². The standard InChI is InChI=1S/C21H31N5O3.2C2H6/c1-6-19(27)21(26-25-17(13-22)14-23-7-2)29-15(3)9-8-10-18-16(4)20(28-5)11-12-24-18;2*1-2/h6,8-11,13,15,17,22-25H,1,4,7,12,14H2,2-3,5H3;2*1-2H3/b9-8+,18-10+,22-13?,26-21+;;. The monoisotopic (exact) mass is 461 g/mol. The number of allylic oxidation sites excluding steroid dienone is 2. The molecule has 33 heavy (non-hydrogen) atoms. The van der Waals surface area contributed by atoms with E-state index in [0.29, 0.717) is 13.1 Å². The number of ketones is 1. The van der Waals surface area contributed by atoms with Gasteiger partial charge in [-0.3, -0.25) is 10.2 Å². The fourth-order valence-corrected chi connectivity index (χ4v) is 2.32. The Morgan fingerprint density at radius 1 is 1.36 bits per heavy atom. The van der Waals surface area contributed by atoms with E-state index in [1.165, 1.54) is 6.21 Å². The van der Waals surface area contributed by atoms with E-state index in [-0.39, 0.29) is 11.9 Å². The molecular weight excluding hydrogens is 418 g/mol. The molecule has 1 rings (SSSR count). The molecule has 0 fully saturated rings. The Kier molecular flexibility index (Phi) is 20.2. The second kappa shape index (κ2) is 20.8. The van der Waals surface area contributed by atoms with Crippen molar-refractivity contribution in [2.75, 3.05) is 26.7 Å². The molecule has 0 aliphatic carbocycles. The van der Waals surface area contributed by atoms with Gasteiger partial charge in [-0.1, -0.05) is 53.9 Å². The van der Waals surface area contributed by atoms with Crippen molar-refractivity contribution < 1.29 is 14.3 Å². The zero-order valence-corrected chi connectivity index (χ0v) is 21.3. The van der Waals surface area contributed by atoms with Gasteiger partial charge in [0, 0.05) is 30.6 Å². The van der Waals surface area contributed by atoms with E-state index >= 15 is 0 Å². The molecule has 1 aliphatic rings. The van der Waals surface area contributed by atoms with Gasteiger partial charge >= 0.3 is 0 Å². The summed E-state index contributed by atoms with van der Waals surface area (Å²) in [7, 11) is 1.61. The summed E-state index contributed by atoms with van der Waals surface area (Å²) in [6.45, 7) is 21.2. The minimum Gasteiger partial charge on any atom is -0.496 e. The van der Waals surface area contributed by atoms with Crippen molar-refractivity contribution in [3.63, 3.8) is 0 Å². The predicted octanol–water partition coefficient (Wildman–Crippen LogP) is 3.86. The van der Waals surface area contributed by atoms with Gasteiger partial charge in [-0.2, -0.15) is 0 Å². The molecule has 0 saturated carbocycles. The van der Waals surface area contributed by atoms with Crippen LogP contribution in [-0.4, -0.2) is 56.8 Å². The molecule has 186 valence electrons. The fourth-order valence-electron chi connectivity index (χ4n) is 2.32. The Morgan fingerprint density at radius 3 is 2.58 bits per heavy atom. The summed E-state index contributed by atoms with van der Waals surface area (Å²) in [6.07, 6.45) is 9.31. The van der Waals surface area contributed by atoms with Crippen LogP contribution in [0.5, 0.6) is 0 Å². The first-order valence-corrected chi connectivity index (χ1v) is 11.4. The number of ether oxygens (including phenoxy) is 2. The number of carbonyl (C=O) groups is 1. The lowest BCUT2D eigenvalue weighted by atomic mass is 10.1. The van der Waals surface area contributed by atoms with Crippen LogP contribution in [0.3, 0.4) is 0 Å². The molecule has 0 spiro atoms. The van der Waals surface area contributed by atoms with Crippen LogP contribution >= 0.6 is 0 Å². The highest BCUT2D eigenvalue weighted by Crippen LogP contribution is 2.19. The number of carbonyl (C=O) groups excluding carboxylic acids is 1. The normalized spacial score (nSPS) is 16.1. The van der Waals surface area contributed by atoms with E-state index in [4.69, 9.17) is 14.9 Å². The minimum atomic E-state index is -0.444. The summed E-state index contributed by atoms with van der Waals surface area (Å²) in [5, 5.41) is 17.8. The third kappa shape index (κ3) is 13.1. The van der Waals surface area contributed by atoms with Crippen molar-refractivity contribution in [2.45, 2.75) is 53.7 Å². The Bertz CT molecular complexity index is 724. The van der Waals surface area contributed by atoms with Gasteiger partial charge in [-0.15, -0.1) is 5.10 Å². The summed E-state index contributed by atoms with van der Waals surface area (Å²) in [6, 6.07) is -0.354. The molecule has 2 unspecified atom stereocenters. The van der Waals surface area contributed by atoms with Crippen molar-refractivity contribution in [1.29, 1.82) is 5.41 Å². The van der Waals surface area contributed by atoms with Gasteiger partial charge < -0.3 is 25.5 Å². The Morgan fingerprint density at radius 2 is 2.03 bits per heavy atom. The molecule has 8 heteroatoms. The quantitative estimate of drug-likeness (QED) is 0.152. The van der Waals surface area contributed by atoms with Crippen LogP contribution < -0.4 is 16.1 Å². The van der Waals surface area contributed by atoms with Crippen LogP contribution in [0.1, 0.15) is 41.5 Å². The largest absolute Gasteiger partial charge is 0.496 e. The first-order valence-electron chi connectivity index (χ1n) is 11.4. The molecular formula is C25H43N5O3. The molecule has 0 bridgehead atoms. The number of likely N-dealkylation sites (N-methyl/N-ethyl adjacent to an activating group) is 1. The molecule has 0 aromatic rings. The molecule has 0 saturated heterocycles. The van der Waals surface area contributed by atoms with Crippen molar-refractivity contribution in [3.05, 3.63) is 60.6 Å². The summed E-state index contributed by atoms with van der Waals surface area (Å²) in [4.78, 5) is 12.0. The maximum absolute atomic E-state index is 12.0. The van der Waals surface area contributed by atoms with E-state index in [9.17, 15) is 4.79 Å². The third-order valence-electron chi connectivity index (χ3n) is 3.91. The molecule has 0 aromatic heterocycles. The molecule has 4 N–H and O–H groups in total. The van der Waals surface area contributed by atoms with Crippen LogP contribution in [0.4, 0.5) is 0 Å². The third-order valence-corrected chi connectivity index (χ3v) is 3.91. The van der Waals surface area contributed by atoms with E-state index in [1.807, 2.05) is 52.8 Å². The molecule has 0 aromatic carbocycles. The van der Waals surface area contributed by atoms with E-state index in [2.05, 4.69) is 34.3 Å². The van der Waals surface area contributed by atoms with E-state index in [0.717, 1.165) is 29.7 Å². The first-order chi connectivity index (χ1) is 16.0. The zero-order chi connectivity index (χ0) is 25.6. The highest BCUT2D eigenvalue weighted by Gasteiger charge is 2.14. The summed E-state index contributed by atoms with van der Waals surface area (Å²) >= 11 is 0. The number of hydrogen-bond donors (Lipinski definition) is 4. The van der Waals surface area contributed by atoms with Gasteiger partial charge in [0.05, 0.1) is 13.2 Å². The number of nitrogens with zero attached hydrogens (tertiary/aromatic N) is 1. The summed E-state index contributed by atoms with van der Waals surface area (Å²) in [5.74, 6) is 0.182. The first kappa shape index (κ1) is 32.1. The van der Waals surface area contributed by atoms with Crippen LogP contribution in [0.25, 0.3) is 0 Å². The van der Waals surface area contributed by atoms with Gasteiger partial charge in [-0.25, -0.2) is 0 Å². The van der Waals surface area contributed by atoms with Gasteiger partial charge in [0.15, 0.2) is 0 Å². The number of nitrogens with one attached hydrogen (secondary N) is 4. The van der Waals surface area contributed by atoms with E-state index < -0.39 is 11.9 Å². The van der Waals surface area contributed by atoms with E-state index in [1.54, 1.807) is 20.1 Å². The fraction of sp³-hybridized carbons (Fsp3) is 0.480. The molecule has 0 radical (unpaired) electrons. The second-order valence-electron chi connectivity index (χ2n) is 6.12. The Hall–Kier alpha value is -3.13. The number of rotatable bonds is 12. The highest BCUT2D eigenvalue weighted by atomic mass is 16.5. The van der Waals surface area contributed by atoms with Crippen molar-refractivity contribution in [1.82, 2.24) is 16.1 Å². The average Bonchev–Trinajstić information content (AvgIpc) is 2.86. The van der Waals surface area contributed by atoms with Gasteiger partial charge in [0.1, 0.15) is 11.9 Å². The number of methoxy groups -OCH3 is 1. The minimum absolute atomic E-state index is 0.113. The van der Waals surface area contributed by atoms with Gasteiger partial charge in [0.25, 0.3) is 5.90 Å². The Balaban J connectivity index is 0. The van der Waals surface area contributed by atoms with Gasteiger partial charge in [-0.05, 0) is 37.8 Å². The average molecular weight is 462 g/mol. The highest BCUT2D eigenvalue weighted by molar-refractivity contribution is 6.40. The van der Waals surface area contributed by atoms with Crippen LogP contribution in [0.2, 0.25) is 0 Å². The molecule has 0 amide bonds. The molecule has 2 atom stereocenters. The lowest BCUT2D eigenvalue weighted by Gasteiger charge is -2.19. The topological polar surface area (TPSA) is 108 Å². The number of hydrazone groups is 1. The zero-order valence-electron chi connectivity index (χ0n) is 21.3. The second-order valence-corrected chi connectivity index (χ2v) is 6.12. The van der Waals surface area contributed by atoms with Crippen molar-refractivity contribution in [2.24, 2.45) is 5.10 Å². The molecule has 8 nitrogen and oxygen atoms in total. The van der Waals surface area contributed by atoms with Crippen LogP contribution in [0, 0.1) is 5.41 Å². The predicted molar refractivity (Wildman–Crippen MR) is 140 cm³/mol. The lowest BCUT2D eigenvalue weighted by Crippen LogP contribution is -2.38. The van der Waals surface area contributed by atoms with Crippen LogP contribution in [-0.2, 0) is 14.3 Å². The molecule has 1 heterocycles. The maximum atomic E-state index is 12.0. The van der Waals surface area contributed by atoms with Gasteiger partial charge in [0.2, 0.25) is 5.78 Å². The smallest absolute Gasteiger partial charge is 0.279 e. The lowest BCUT2D eigenvalue weighted by molar-refractivity contribution is -0.110. The van der Waals surface area contributed by atoms with Crippen molar-refractivity contribution in [3.8, 4) is 0 Å². The maximum Gasteiger partial charge on any atom is 0.279 e. The Labute approximate surface area is 200 Å². The SMILES string of the molecule is C=CC(=O)/C(=N\NC(C=N)CNCC)OC(C)/C=C/C=C1/NCC=C(OC)C1=C.CC.CC. The molecule has 1 aliphatic heterocycles. The van der Waals surface area contributed by atoms with Crippen molar-refractivity contribution >= 4 is 17.9 Å².